The molecule has 0 radical (unpaired) electrons. The number of piperidine rings is 1. The smallest absolute Gasteiger partial charge is 0.420 e. The van der Waals surface area contributed by atoms with E-state index < -0.39 is 15.8 Å². The molecule has 0 unspecified atom stereocenters. The predicted octanol–water partition coefficient (Wildman–Crippen LogP) is 2.86. The van der Waals surface area contributed by atoms with Crippen LogP contribution in [0.5, 0.6) is 11.5 Å². The van der Waals surface area contributed by atoms with Gasteiger partial charge in [0.25, 0.3) is 0 Å². The topological polar surface area (TPSA) is 91.0 Å². The van der Waals surface area contributed by atoms with Crippen molar-refractivity contribution in [2.75, 3.05) is 26.8 Å². The maximum atomic E-state index is 12.9. The second-order valence-electron chi connectivity index (χ2n) is 7.11. The Bertz CT molecular complexity index is 1190. The predicted molar refractivity (Wildman–Crippen MR) is 112 cm³/mol. The van der Waals surface area contributed by atoms with Crippen LogP contribution >= 0.6 is 0 Å². The van der Waals surface area contributed by atoms with Crippen molar-refractivity contribution >= 4 is 21.1 Å². The van der Waals surface area contributed by atoms with Crippen molar-refractivity contribution in [2.24, 2.45) is 0 Å². The van der Waals surface area contributed by atoms with Gasteiger partial charge in [-0.3, -0.25) is 4.57 Å². The lowest BCUT2D eigenvalue weighted by Gasteiger charge is -2.25. The third-order valence-corrected chi connectivity index (χ3v) is 7.13. The molecule has 30 heavy (non-hydrogen) atoms. The Morgan fingerprint density at radius 1 is 1.03 bits per heavy atom. The van der Waals surface area contributed by atoms with Crippen LogP contribution in [0.25, 0.3) is 11.1 Å². The van der Waals surface area contributed by atoms with Gasteiger partial charge in [-0.15, -0.1) is 0 Å². The molecule has 1 saturated heterocycles. The Labute approximate surface area is 174 Å². The van der Waals surface area contributed by atoms with Crippen molar-refractivity contribution in [3.8, 4) is 11.5 Å². The number of aromatic nitrogens is 1. The Morgan fingerprint density at radius 2 is 1.77 bits per heavy atom. The lowest BCUT2D eigenvalue weighted by atomic mass is 10.2. The number of oxazole rings is 1. The molecule has 2 aromatic carbocycles. The van der Waals surface area contributed by atoms with E-state index >= 15 is 0 Å². The van der Waals surface area contributed by atoms with E-state index in [1.54, 1.807) is 25.3 Å². The van der Waals surface area contributed by atoms with Crippen molar-refractivity contribution in [2.45, 2.75) is 30.7 Å². The summed E-state index contributed by atoms with van der Waals surface area (Å²) in [4.78, 5) is 12.5. The second kappa shape index (κ2) is 8.53. The van der Waals surface area contributed by atoms with Crippen molar-refractivity contribution < 1.29 is 22.3 Å². The summed E-state index contributed by atoms with van der Waals surface area (Å²) in [5.74, 6) is 0.631. The first-order chi connectivity index (χ1) is 14.5. The van der Waals surface area contributed by atoms with Gasteiger partial charge in [-0.2, -0.15) is 4.31 Å². The molecule has 160 valence electrons. The van der Waals surface area contributed by atoms with E-state index in [2.05, 4.69) is 0 Å². The summed E-state index contributed by atoms with van der Waals surface area (Å²) >= 11 is 0. The average molecular weight is 432 g/mol. The highest BCUT2D eigenvalue weighted by Crippen LogP contribution is 2.26. The number of hydrogen-bond donors (Lipinski definition) is 0. The molecule has 1 aliphatic rings. The number of ether oxygens (including phenoxy) is 2. The molecule has 3 aromatic rings. The minimum atomic E-state index is -3.59. The molecule has 8 nitrogen and oxygen atoms in total. The summed E-state index contributed by atoms with van der Waals surface area (Å²) < 4.78 is 45.0. The van der Waals surface area contributed by atoms with Gasteiger partial charge in [-0.1, -0.05) is 18.6 Å². The molecule has 0 aliphatic carbocycles. The molecule has 2 heterocycles. The summed E-state index contributed by atoms with van der Waals surface area (Å²) in [5.41, 5.74) is 0.775. The van der Waals surface area contributed by atoms with Crippen LogP contribution in [-0.4, -0.2) is 44.1 Å². The fourth-order valence-corrected chi connectivity index (χ4v) is 5.19. The molecule has 0 spiro atoms. The number of hydrogen-bond acceptors (Lipinski definition) is 6. The van der Waals surface area contributed by atoms with Crippen LogP contribution in [0.2, 0.25) is 0 Å². The summed E-state index contributed by atoms with van der Waals surface area (Å²) in [7, 11) is -2.03. The van der Waals surface area contributed by atoms with Gasteiger partial charge in [0.1, 0.15) is 6.61 Å². The molecular weight excluding hydrogens is 408 g/mol. The zero-order chi connectivity index (χ0) is 21.1. The van der Waals surface area contributed by atoms with E-state index in [0.717, 1.165) is 19.3 Å². The van der Waals surface area contributed by atoms with Gasteiger partial charge in [-0.05, 0) is 37.1 Å². The van der Waals surface area contributed by atoms with Gasteiger partial charge in [0.2, 0.25) is 10.0 Å². The number of fused-ring (bicyclic) bond motifs is 1. The Morgan fingerprint density at radius 3 is 2.50 bits per heavy atom. The van der Waals surface area contributed by atoms with E-state index in [9.17, 15) is 13.2 Å². The van der Waals surface area contributed by atoms with Crippen LogP contribution in [0.3, 0.4) is 0 Å². The van der Waals surface area contributed by atoms with Gasteiger partial charge >= 0.3 is 5.76 Å². The fourth-order valence-electron chi connectivity index (χ4n) is 3.66. The quantitative estimate of drug-likeness (QED) is 0.570. The highest BCUT2D eigenvalue weighted by molar-refractivity contribution is 7.89. The molecule has 0 atom stereocenters. The minimum absolute atomic E-state index is 0.142. The monoisotopic (exact) mass is 432 g/mol. The molecule has 4 rings (SSSR count). The van der Waals surface area contributed by atoms with Crippen molar-refractivity contribution in [1.29, 1.82) is 0 Å². The number of para-hydroxylation sites is 2. The molecule has 1 fully saturated rings. The van der Waals surface area contributed by atoms with E-state index in [1.807, 2.05) is 12.1 Å². The molecular formula is C21H24N2O6S. The highest BCUT2D eigenvalue weighted by Gasteiger charge is 2.26. The average Bonchev–Trinajstić information content (AvgIpc) is 3.09. The number of sulfonamides is 1. The third kappa shape index (κ3) is 3.95. The first kappa shape index (κ1) is 20.5. The first-order valence-corrected chi connectivity index (χ1v) is 11.3. The molecule has 0 amide bonds. The van der Waals surface area contributed by atoms with Gasteiger partial charge < -0.3 is 13.9 Å². The Kier molecular flexibility index (Phi) is 5.83. The van der Waals surface area contributed by atoms with Crippen LogP contribution in [0.1, 0.15) is 19.3 Å². The van der Waals surface area contributed by atoms with Crippen molar-refractivity contribution in [3.05, 3.63) is 53.0 Å². The summed E-state index contributed by atoms with van der Waals surface area (Å²) in [6.07, 6.45) is 2.76. The van der Waals surface area contributed by atoms with Gasteiger partial charge in [0.15, 0.2) is 17.1 Å². The largest absolute Gasteiger partial charge is 0.493 e. The zero-order valence-electron chi connectivity index (χ0n) is 16.7. The summed E-state index contributed by atoms with van der Waals surface area (Å²) in [6, 6.07) is 11.8. The number of methoxy groups -OCH3 is 1. The van der Waals surface area contributed by atoms with Crippen molar-refractivity contribution in [1.82, 2.24) is 8.87 Å². The van der Waals surface area contributed by atoms with Crippen LogP contribution in [-0.2, 0) is 16.6 Å². The van der Waals surface area contributed by atoms with E-state index in [0.29, 0.717) is 30.1 Å². The molecule has 1 aromatic heterocycles. The normalized spacial score (nSPS) is 15.4. The second-order valence-corrected chi connectivity index (χ2v) is 9.05. The standard InChI is InChI=1S/C21H24N2O6S/c1-27-18-7-3-4-8-19(18)28-14-13-23-17-10-9-16(15-20(17)29-21(23)24)30(25,26)22-11-5-2-6-12-22/h3-4,7-10,15H,2,5-6,11-14H2,1H3. The van der Waals surface area contributed by atoms with Crippen LogP contribution in [0, 0.1) is 0 Å². The van der Waals surface area contributed by atoms with Crippen LogP contribution in [0.15, 0.2) is 56.6 Å². The Balaban J connectivity index is 1.54. The SMILES string of the molecule is COc1ccccc1OCCn1c(=O)oc2cc(S(=O)(=O)N3CCCCC3)ccc21. The maximum absolute atomic E-state index is 12.9. The summed E-state index contributed by atoms with van der Waals surface area (Å²) in [6.45, 7) is 1.52. The first-order valence-electron chi connectivity index (χ1n) is 9.90. The molecule has 0 N–H and O–H groups in total. The molecule has 0 bridgehead atoms. The van der Waals surface area contributed by atoms with Gasteiger partial charge in [-0.25, -0.2) is 13.2 Å². The summed E-state index contributed by atoms with van der Waals surface area (Å²) in [5, 5.41) is 0. The van der Waals surface area contributed by atoms with E-state index in [1.165, 1.54) is 21.0 Å². The molecule has 9 heteroatoms. The Hall–Kier alpha value is -2.78. The lowest BCUT2D eigenvalue weighted by Crippen LogP contribution is -2.35. The molecule has 0 saturated carbocycles. The third-order valence-electron chi connectivity index (χ3n) is 5.23. The number of nitrogens with zero attached hydrogens (tertiary/aromatic N) is 2. The van der Waals surface area contributed by atoms with Crippen LogP contribution < -0.4 is 15.2 Å². The zero-order valence-corrected chi connectivity index (χ0v) is 17.6. The van der Waals surface area contributed by atoms with Gasteiger partial charge in [0, 0.05) is 19.2 Å². The van der Waals surface area contributed by atoms with E-state index in [-0.39, 0.29) is 23.6 Å². The fraction of sp³-hybridized carbons (Fsp3) is 0.381. The van der Waals surface area contributed by atoms with Crippen LogP contribution in [0.4, 0.5) is 0 Å². The number of rotatable bonds is 7. The lowest BCUT2D eigenvalue weighted by molar-refractivity contribution is 0.277. The van der Waals surface area contributed by atoms with E-state index in [4.69, 9.17) is 13.9 Å². The van der Waals surface area contributed by atoms with Crippen molar-refractivity contribution in [3.63, 3.8) is 0 Å². The minimum Gasteiger partial charge on any atom is -0.493 e. The highest BCUT2D eigenvalue weighted by atomic mass is 32.2. The molecule has 1 aliphatic heterocycles. The van der Waals surface area contributed by atoms with Gasteiger partial charge in [0.05, 0.1) is 24.1 Å². The number of benzene rings is 2. The maximum Gasteiger partial charge on any atom is 0.420 e.